The summed E-state index contributed by atoms with van der Waals surface area (Å²) in [5.74, 6) is 0.396. The molecular formula is C13H16BrN5O. The maximum absolute atomic E-state index is 11.7. The van der Waals surface area contributed by atoms with Gasteiger partial charge in [-0.15, -0.1) is 10.2 Å². The highest BCUT2D eigenvalue weighted by Crippen LogP contribution is 2.17. The number of hydrogen-bond donors (Lipinski definition) is 1. The van der Waals surface area contributed by atoms with E-state index in [1.54, 1.807) is 0 Å². The van der Waals surface area contributed by atoms with E-state index in [0.29, 0.717) is 5.82 Å². The van der Waals surface area contributed by atoms with E-state index in [-0.39, 0.29) is 18.5 Å². The van der Waals surface area contributed by atoms with Crippen molar-refractivity contribution in [3.63, 3.8) is 0 Å². The van der Waals surface area contributed by atoms with Gasteiger partial charge in [0.25, 0.3) is 0 Å². The van der Waals surface area contributed by atoms with E-state index >= 15 is 0 Å². The van der Waals surface area contributed by atoms with Crippen LogP contribution in [0, 0.1) is 0 Å². The molecule has 0 fully saturated rings. The molecule has 0 saturated heterocycles. The molecule has 1 N–H and O–H groups in total. The molecule has 0 aliphatic heterocycles. The van der Waals surface area contributed by atoms with Crippen LogP contribution in [0.4, 0.5) is 0 Å². The van der Waals surface area contributed by atoms with Crippen molar-refractivity contribution in [2.24, 2.45) is 0 Å². The van der Waals surface area contributed by atoms with Gasteiger partial charge in [-0.25, -0.2) is 0 Å². The van der Waals surface area contributed by atoms with E-state index < -0.39 is 0 Å². The first-order chi connectivity index (χ1) is 9.58. The predicted octanol–water partition coefficient (Wildman–Crippen LogP) is 2.02. The van der Waals surface area contributed by atoms with E-state index in [0.717, 1.165) is 16.5 Å². The summed E-state index contributed by atoms with van der Waals surface area (Å²) in [5.41, 5.74) is 0.863. The van der Waals surface area contributed by atoms with Gasteiger partial charge in [0.2, 0.25) is 11.7 Å². The first-order valence-electron chi connectivity index (χ1n) is 6.41. The summed E-state index contributed by atoms with van der Waals surface area (Å²) in [4.78, 5) is 13.0. The molecule has 1 aromatic carbocycles. The Morgan fingerprint density at radius 2 is 2.10 bits per heavy atom. The van der Waals surface area contributed by atoms with Gasteiger partial charge in [0.15, 0.2) is 0 Å². The summed E-state index contributed by atoms with van der Waals surface area (Å²) in [7, 11) is 0. The Hall–Kier alpha value is -1.76. The molecule has 0 bridgehead atoms. The van der Waals surface area contributed by atoms with Gasteiger partial charge in [-0.1, -0.05) is 22.9 Å². The number of carbonyl (C=O) groups is 1. The maximum atomic E-state index is 11.7. The Morgan fingerprint density at radius 3 is 2.75 bits per heavy atom. The summed E-state index contributed by atoms with van der Waals surface area (Å²) < 4.78 is 0.988. The summed E-state index contributed by atoms with van der Waals surface area (Å²) in [5, 5.41) is 14.9. The average Bonchev–Trinajstić information content (AvgIpc) is 2.87. The average molecular weight is 338 g/mol. The fourth-order valence-electron chi connectivity index (χ4n) is 1.58. The molecule has 0 saturated carbocycles. The number of halogens is 1. The van der Waals surface area contributed by atoms with Gasteiger partial charge < -0.3 is 5.32 Å². The van der Waals surface area contributed by atoms with Gasteiger partial charge in [-0.2, -0.15) is 4.80 Å². The van der Waals surface area contributed by atoms with Gasteiger partial charge in [0, 0.05) is 16.1 Å². The molecule has 106 valence electrons. The van der Waals surface area contributed by atoms with Crippen molar-refractivity contribution in [1.82, 2.24) is 25.5 Å². The van der Waals surface area contributed by atoms with E-state index in [4.69, 9.17) is 0 Å². The first-order valence-corrected chi connectivity index (χ1v) is 7.21. The number of rotatable bonds is 5. The minimum absolute atomic E-state index is 0.0773. The summed E-state index contributed by atoms with van der Waals surface area (Å²) in [6.45, 7) is 4.05. The summed E-state index contributed by atoms with van der Waals surface area (Å²) in [6.07, 6.45) is 0.890. The second-order valence-electron chi connectivity index (χ2n) is 4.53. The third kappa shape index (κ3) is 3.86. The van der Waals surface area contributed by atoms with Crippen molar-refractivity contribution in [3.8, 4) is 11.4 Å². The number of aromatic nitrogens is 4. The number of carbonyl (C=O) groups excluding carboxylic acids is 1. The largest absolute Gasteiger partial charge is 0.352 e. The number of tetrazole rings is 1. The van der Waals surface area contributed by atoms with Crippen molar-refractivity contribution in [1.29, 1.82) is 0 Å². The minimum Gasteiger partial charge on any atom is -0.352 e. The minimum atomic E-state index is -0.112. The highest BCUT2D eigenvalue weighted by atomic mass is 79.9. The fraction of sp³-hybridized carbons (Fsp3) is 0.385. The van der Waals surface area contributed by atoms with Gasteiger partial charge in [0.05, 0.1) is 0 Å². The Kier molecular flexibility index (Phi) is 4.84. The van der Waals surface area contributed by atoms with Crippen LogP contribution in [-0.4, -0.2) is 32.2 Å². The van der Waals surface area contributed by atoms with Gasteiger partial charge in [-0.05, 0) is 42.8 Å². The zero-order valence-electron chi connectivity index (χ0n) is 11.4. The highest BCUT2D eigenvalue weighted by Gasteiger charge is 2.10. The molecule has 0 aliphatic rings. The quantitative estimate of drug-likeness (QED) is 0.905. The highest BCUT2D eigenvalue weighted by molar-refractivity contribution is 9.10. The lowest BCUT2D eigenvalue weighted by atomic mass is 10.2. The molecular weight excluding hydrogens is 322 g/mol. The molecule has 6 nitrogen and oxygen atoms in total. The van der Waals surface area contributed by atoms with Crippen LogP contribution in [-0.2, 0) is 11.3 Å². The molecule has 1 amide bonds. The summed E-state index contributed by atoms with van der Waals surface area (Å²) in [6, 6.07) is 7.75. The molecule has 0 spiro atoms. The number of amides is 1. The SMILES string of the molecule is CCC(C)NC(=O)Cn1nnc(-c2ccc(Br)cc2)n1. The van der Waals surface area contributed by atoms with Crippen molar-refractivity contribution < 1.29 is 4.79 Å². The normalized spacial score (nSPS) is 12.2. The predicted molar refractivity (Wildman–Crippen MR) is 78.8 cm³/mol. The van der Waals surface area contributed by atoms with E-state index in [9.17, 15) is 4.79 Å². The number of nitrogens with zero attached hydrogens (tertiary/aromatic N) is 4. The van der Waals surface area contributed by atoms with Crippen molar-refractivity contribution in [2.75, 3.05) is 0 Å². The van der Waals surface area contributed by atoms with Crippen LogP contribution in [0.3, 0.4) is 0 Å². The van der Waals surface area contributed by atoms with Crippen LogP contribution in [0.15, 0.2) is 28.7 Å². The van der Waals surface area contributed by atoms with Crippen LogP contribution >= 0.6 is 15.9 Å². The zero-order chi connectivity index (χ0) is 14.5. The Balaban J connectivity index is 2.02. The maximum Gasteiger partial charge on any atom is 0.243 e. The van der Waals surface area contributed by atoms with E-state index in [1.807, 2.05) is 38.1 Å². The first kappa shape index (κ1) is 14.6. The smallest absolute Gasteiger partial charge is 0.243 e. The van der Waals surface area contributed by atoms with E-state index in [2.05, 4.69) is 36.7 Å². The standard InChI is InChI=1S/C13H16BrN5O/c1-3-9(2)15-12(20)8-19-17-13(16-18-19)10-4-6-11(14)7-5-10/h4-7,9H,3,8H2,1-2H3,(H,15,20). The monoisotopic (exact) mass is 337 g/mol. The lowest BCUT2D eigenvalue weighted by Gasteiger charge is -2.10. The van der Waals surface area contributed by atoms with Crippen LogP contribution in [0.5, 0.6) is 0 Å². The molecule has 1 heterocycles. The Morgan fingerprint density at radius 1 is 1.40 bits per heavy atom. The van der Waals surface area contributed by atoms with Crippen LogP contribution in [0.25, 0.3) is 11.4 Å². The van der Waals surface area contributed by atoms with Gasteiger partial charge >= 0.3 is 0 Å². The third-order valence-electron chi connectivity index (χ3n) is 2.86. The zero-order valence-corrected chi connectivity index (χ0v) is 13.0. The van der Waals surface area contributed by atoms with Crippen LogP contribution < -0.4 is 5.32 Å². The third-order valence-corrected chi connectivity index (χ3v) is 3.39. The lowest BCUT2D eigenvalue weighted by molar-refractivity contribution is -0.122. The van der Waals surface area contributed by atoms with Crippen molar-refractivity contribution >= 4 is 21.8 Å². The lowest BCUT2D eigenvalue weighted by Crippen LogP contribution is -2.35. The van der Waals surface area contributed by atoms with E-state index in [1.165, 1.54) is 4.80 Å². The van der Waals surface area contributed by atoms with Crippen LogP contribution in [0.1, 0.15) is 20.3 Å². The Bertz CT molecular complexity index is 581. The molecule has 0 aliphatic carbocycles. The van der Waals surface area contributed by atoms with Crippen molar-refractivity contribution in [2.45, 2.75) is 32.9 Å². The Labute approximate surface area is 125 Å². The molecule has 0 radical (unpaired) electrons. The number of nitrogens with one attached hydrogen (secondary N) is 1. The molecule has 2 rings (SSSR count). The van der Waals surface area contributed by atoms with Crippen molar-refractivity contribution in [3.05, 3.63) is 28.7 Å². The molecule has 1 unspecified atom stereocenters. The fourth-order valence-corrected chi connectivity index (χ4v) is 1.84. The summed E-state index contributed by atoms with van der Waals surface area (Å²) >= 11 is 3.37. The number of hydrogen-bond acceptors (Lipinski definition) is 4. The van der Waals surface area contributed by atoms with Gasteiger partial charge in [0.1, 0.15) is 6.54 Å². The molecule has 1 aromatic heterocycles. The van der Waals surface area contributed by atoms with Gasteiger partial charge in [-0.3, -0.25) is 4.79 Å². The molecule has 1 atom stereocenters. The number of benzene rings is 1. The second-order valence-corrected chi connectivity index (χ2v) is 5.44. The molecule has 2 aromatic rings. The second kappa shape index (κ2) is 6.60. The topological polar surface area (TPSA) is 72.7 Å². The molecule has 7 heteroatoms. The van der Waals surface area contributed by atoms with Crippen LogP contribution in [0.2, 0.25) is 0 Å². The molecule has 20 heavy (non-hydrogen) atoms.